The molecule has 1 aliphatic rings. The largest absolute Gasteiger partial charge is 0.351 e. The van der Waals surface area contributed by atoms with E-state index in [9.17, 15) is 9.59 Å². The van der Waals surface area contributed by atoms with Crippen molar-refractivity contribution in [3.8, 4) is 0 Å². The van der Waals surface area contributed by atoms with Crippen LogP contribution in [0.25, 0.3) is 0 Å². The summed E-state index contributed by atoms with van der Waals surface area (Å²) in [5.41, 5.74) is 7.22. The summed E-state index contributed by atoms with van der Waals surface area (Å²) in [7, 11) is 0. The lowest BCUT2D eigenvalue weighted by Gasteiger charge is -2.26. The first-order chi connectivity index (χ1) is 11.6. The molecule has 124 valence electrons. The Hall–Kier alpha value is -2.31. The predicted molar refractivity (Wildman–Crippen MR) is 93.4 cm³/mol. The van der Waals surface area contributed by atoms with Gasteiger partial charge in [-0.15, -0.1) is 11.8 Å². The van der Waals surface area contributed by atoms with Crippen LogP contribution in [0.15, 0.2) is 59.5 Å². The van der Waals surface area contributed by atoms with Gasteiger partial charge in [0.1, 0.15) is 6.04 Å². The molecule has 6 heteroatoms. The molecule has 2 aromatic carbocycles. The number of thioether (sulfide) groups is 1. The number of nitrogens with two attached hydrogens (primary N) is 2. The summed E-state index contributed by atoms with van der Waals surface area (Å²) in [6.45, 7) is 0. The van der Waals surface area contributed by atoms with Gasteiger partial charge in [-0.3, -0.25) is 10.1 Å². The van der Waals surface area contributed by atoms with Gasteiger partial charge in [0, 0.05) is 28.2 Å². The molecule has 0 fully saturated rings. The van der Waals surface area contributed by atoms with E-state index in [1.165, 1.54) is 10.5 Å². The maximum atomic E-state index is 12.5. The molecule has 0 saturated heterocycles. The quantitative estimate of drug-likeness (QED) is 0.790. The van der Waals surface area contributed by atoms with E-state index in [1.807, 2.05) is 59.5 Å². The Morgan fingerprint density at radius 1 is 1.12 bits per heavy atom. The third-order valence-corrected chi connectivity index (χ3v) is 5.24. The van der Waals surface area contributed by atoms with Crippen LogP contribution in [0.1, 0.15) is 29.6 Å². The molecule has 5 nitrogen and oxygen atoms in total. The molecule has 3 amide bonds. The zero-order valence-electron chi connectivity index (χ0n) is 13.1. The number of benzene rings is 2. The number of nitrogens with one attached hydrogen (secondary N) is 1. The second-order valence-corrected chi connectivity index (χ2v) is 6.85. The van der Waals surface area contributed by atoms with Crippen molar-refractivity contribution in [3.05, 3.63) is 65.7 Å². The first-order valence-electron chi connectivity index (χ1n) is 7.87. The zero-order valence-corrected chi connectivity index (χ0v) is 14.0. The van der Waals surface area contributed by atoms with Crippen LogP contribution in [0, 0.1) is 0 Å². The van der Waals surface area contributed by atoms with E-state index in [0.717, 1.165) is 17.7 Å². The minimum absolute atomic E-state index is 0.172. The van der Waals surface area contributed by atoms with Gasteiger partial charge in [0.25, 0.3) is 5.91 Å². The summed E-state index contributed by atoms with van der Waals surface area (Å²) in [6.07, 6.45) is 0.967. The number of carbonyl (C=O) groups is 2. The number of carbonyl (C=O) groups excluding carboxylic acids is 2. The van der Waals surface area contributed by atoms with E-state index in [1.54, 1.807) is 0 Å². The Kier molecular flexibility index (Phi) is 5.17. The molecule has 0 aliphatic carbocycles. The third-order valence-electron chi connectivity index (χ3n) is 4.12. The highest BCUT2D eigenvalue weighted by Crippen LogP contribution is 2.34. The van der Waals surface area contributed by atoms with E-state index in [0.29, 0.717) is 0 Å². The highest BCUT2D eigenvalue weighted by Gasteiger charge is 2.31. The fourth-order valence-electron chi connectivity index (χ4n) is 3.01. The first-order valence-corrected chi connectivity index (χ1v) is 8.85. The van der Waals surface area contributed by atoms with Gasteiger partial charge < -0.3 is 11.1 Å². The summed E-state index contributed by atoms with van der Waals surface area (Å²) in [5, 5.41) is 4.25. The number of fused-ring (bicyclic) bond motifs is 1. The lowest BCUT2D eigenvalue weighted by atomic mass is 9.99. The van der Waals surface area contributed by atoms with Crippen LogP contribution in [0.3, 0.4) is 0 Å². The van der Waals surface area contributed by atoms with Crippen LogP contribution >= 0.6 is 11.8 Å². The molecule has 2 atom stereocenters. The number of rotatable bonds is 4. The van der Waals surface area contributed by atoms with E-state index < -0.39 is 12.1 Å². The van der Waals surface area contributed by atoms with E-state index in [-0.39, 0.29) is 11.9 Å². The Morgan fingerprint density at radius 3 is 2.58 bits per heavy atom. The summed E-state index contributed by atoms with van der Waals surface area (Å²) in [6, 6.07) is 16.6. The van der Waals surface area contributed by atoms with Gasteiger partial charge in [0.15, 0.2) is 6.04 Å². The molecule has 0 bridgehead atoms. The molecule has 24 heavy (non-hydrogen) atoms. The Morgan fingerprint density at radius 2 is 1.83 bits per heavy atom. The van der Waals surface area contributed by atoms with Crippen LogP contribution in [0.4, 0.5) is 4.79 Å². The van der Waals surface area contributed by atoms with E-state index in [4.69, 9.17) is 5.73 Å². The van der Waals surface area contributed by atoms with Crippen LogP contribution in [-0.4, -0.2) is 17.7 Å². The van der Waals surface area contributed by atoms with Crippen molar-refractivity contribution < 1.29 is 14.9 Å². The smallest absolute Gasteiger partial charge is 0.319 e. The lowest BCUT2D eigenvalue weighted by Crippen LogP contribution is -2.89. The van der Waals surface area contributed by atoms with Gasteiger partial charge in [-0.2, -0.15) is 0 Å². The van der Waals surface area contributed by atoms with E-state index >= 15 is 0 Å². The molecule has 0 aromatic heterocycles. The fourth-order valence-corrected chi connectivity index (χ4v) is 4.16. The van der Waals surface area contributed by atoms with Crippen molar-refractivity contribution in [2.45, 2.75) is 23.4 Å². The normalized spacial score (nSPS) is 17.6. The average molecular weight is 342 g/mol. The van der Waals surface area contributed by atoms with Crippen LogP contribution in [-0.2, 0) is 4.79 Å². The van der Waals surface area contributed by atoms with Gasteiger partial charge in [0.05, 0.1) is 0 Å². The van der Waals surface area contributed by atoms with Crippen molar-refractivity contribution in [3.63, 3.8) is 0 Å². The van der Waals surface area contributed by atoms with Crippen molar-refractivity contribution in [1.82, 2.24) is 5.32 Å². The monoisotopic (exact) mass is 342 g/mol. The maximum Gasteiger partial charge on any atom is 0.319 e. The molecule has 0 unspecified atom stereocenters. The first kappa shape index (κ1) is 16.5. The van der Waals surface area contributed by atoms with Crippen molar-refractivity contribution >= 4 is 23.7 Å². The molecule has 0 spiro atoms. The maximum absolute atomic E-state index is 12.5. The van der Waals surface area contributed by atoms with Gasteiger partial charge in [-0.05, 0) is 6.07 Å². The van der Waals surface area contributed by atoms with Crippen LogP contribution in [0.2, 0.25) is 0 Å². The van der Waals surface area contributed by atoms with Gasteiger partial charge in [-0.25, -0.2) is 4.79 Å². The summed E-state index contributed by atoms with van der Waals surface area (Å²) < 4.78 is 0. The van der Waals surface area contributed by atoms with Gasteiger partial charge in [0.2, 0.25) is 0 Å². The van der Waals surface area contributed by atoms with Crippen molar-refractivity contribution in [1.29, 1.82) is 0 Å². The van der Waals surface area contributed by atoms with Crippen LogP contribution in [0.5, 0.6) is 0 Å². The summed E-state index contributed by atoms with van der Waals surface area (Å²) >= 11 is 1.84. The molecular formula is C18H20N3O2S+. The fraction of sp³-hybridized carbons (Fsp3) is 0.222. The number of hydrogen-bond acceptors (Lipinski definition) is 3. The number of urea groups is 1. The number of quaternary nitrogens is 1. The second kappa shape index (κ2) is 7.51. The highest BCUT2D eigenvalue weighted by molar-refractivity contribution is 7.99. The van der Waals surface area contributed by atoms with Crippen molar-refractivity contribution in [2.24, 2.45) is 5.73 Å². The summed E-state index contributed by atoms with van der Waals surface area (Å²) in [5.74, 6) is 0.626. The predicted octanol–water partition coefficient (Wildman–Crippen LogP) is 1.72. The average Bonchev–Trinajstić information content (AvgIpc) is 2.60. The Balaban J connectivity index is 1.87. The third kappa shape index (κ3) is 3.77. The number of hydrogen-bond donors (Lipinski definition) is 3. The number of imide groups is 1. The Bertz CT molecular complexity index is 736. The molecule has 1 heterocycles. The molecule has 1 aliphatic heterocycles. The second-order valence-electron chi connectivity index (χ2n) is 5.72. The van der Waals surface area contributed by atoms with Crippen LogP contribution < -0.4 is 16.4 Å². The molecule has 5 N–H and O–H groups in total. The summed E-state index contributed by atoms with van der Waals surface area (Å²) in [4.78, 5) is 24.9. The molecule has 0 radical (unpaired) electrons. The molecular weight excluding hydrogens is 322 g/mol. The minimum atomic E-state index is -0.825. The van der Waals surface area contributed by atoms with Gasteiger partial charge in [-0.1, -0.05) is 48.5 Å². The Labute approximate surface area is 145 Å². The topological polar surface area (TPSA) is 88.8 Å². The van der Waals surface area contributed by atoms with E-state index in [2.05, 4.69) is 17.4 Å². The number of primary amides is 1. The highest BCUT2D eigenvalue weighted by atomic mass is 32.2. The lowest BCUT2D eigenvalue weighted by molar-refractivity contribution is -0.723. The molecule has 0 saturated carbocycles. The standard InChI is InChI=1S/C18H19N3O2S/c19-18(23)21-17(22)16(12-6-2-1-3-7-12)20-14-10-11-24-15-9-5-4-8-13(14)15/h1-9,14,16,20H,10-11H2,(H3,19,21,22,23)/p+1/t14-,16-/m1/s1. The number of amides is 3. The molecule has 2 aromatic rings. The van der Waals surface area contributed by atoms with Gasteiger partial charge >= 0.3 is 6.03 Å². The SMILES string of the molecule is NC(=O)NC(=O)[C@H]([NH2+][C@@H]1CCSc2ccccc21)c1ccccc1. The molecule has 3 rings (SSSR count). The van der Waals surface area contributed by atoms with Crippen molar-refractivity contribution in [2.75, 3.05) is 5.75 Å². The minimum Gasteiger partial charge on any atom is -0.351 e. The zero-order chi connectivity index (χ0) is 16.9.